The lowest BCUT2D eigenvalue weighted by atomic mass is 10.1. The Bertz CT molecular complexity index is 1510. The number of fused-ring (bicyclic) bond motifs is 1. The molecule has 4 rings (SSSR count). The number of nitrogens with zero attached hydrogens (tertiary/aromatic N) is 4. The fraction of sp³-hybridized carbons (Fsp3) is 0.280. The number of carbonyl (C=O) groups excluding carboxylic acids is 1. The van der Waals surface area contributed by atoms with E-state index in [2.05, 4.69) is 10.3 Å². The lowest BCUT2D eigenvalue weighted by molar-refractivity contribution is -0.115. The number of imidazole rings is 1. The first-order chi connectivity index (χ1) is 16.8. The number of benzene rings is 2. The van der Waals surface area contributed by atoms with Crippen LogP contribution in [0, 0.1) is 12.7 Å². The van der Waals surface area contributed by atoms with Crippen molar-refractivity contribution >= 4 is 34.5 Å². The molecule has 0 unspecified atom stereocenters. The summed E-state index contributed by atoms with van der Waals surface area (Å²) < 4.78 is 17.7. The topological polar surface area (TPSA) is 90.9 Å². The van der Waals surface area contributed by atoms with Gasteiger partial charge in [-0.25, -0.2) is 14.2 Å². The maximum Gasteiger partial charge on any atom is 0.332 e. The second-order valence-electron chi connectivity index (χ2n) is 8.27. The van der Waals surface area contributed by atoms with E-state index in [1.165, 1.54) is 41.6 Å². The molecule has 35 heavy (non-hydrogen) atoms. The van der Waals surface area contributed by atoms with Gasteiger partial charge in [-0.15, -0.1) is 0 Å². The van der Waals surface area contributed by atoms with E-state index < -0.39 is 11.2 Å². The molecule has 8 nitrogen and oxygen atoms in total. The Morgan fingerprint density at radius 3 is 2.54 bits per heavy atom. The fourth-order valence-electron chi connectivity index (χ4n) is 3.88. The summed E-state index contributed by atoms with van der Waals surface area (Å²) in [4.78, 5) is 42.3. The van der Waals surface area contributed by atoms with Crippen LogP contribution in [0.15, 0.2) is 63.3 Å². The van der Waals surface area contributed by atoms with Crippen LogP contribution in [0.4, 0.5) is 10.1 Å². The molecule has 0 fully saturated rings. The molecule has 2 aromatic heterocycles. The molecule has 0 radical (unpaired) electrons. The standard InChI is InChI=1S/C25H26FN5O3S/c1-16-15-18(26)9-10-19(16)27-20(32)12-14-35-24-28-21-22(29(2)25(34)30(3)23(21)33)31(24)13-11-17-7-5-4-6-8-17/h4-10,15H,11-14H2,1-3H3,(H,27,32). The number of aryl methyl sites for hydroxylation is 4. The number of rotatable bonds is 8. The molecular weight excluding hydrogens is 469 g/mol. The van der Waals surface area contributed by atoms with Crippen molar-refractivity contribution in [2.45, 2.75) is 31.5 Å². The number of hydrogen-bond acceptors (Lipinski definition) is 5. The molecule has 0 aliphatic carbocycles. The van der Waals surface area contributed by atoms with Gasteiger partial charge in [-0.1, -0.05) is 42.1 Å². The molecule has 0 spiro atoms. The van der Waals surface area contributed by atoms with Crippen LogP contribution in [-0.4, -0.2) is 30.3 Å². The van der Waals surface area contributed by atoms with Gasteiger partial charge < -0.3 is 9.88 Å². The number of thioether (sulfide) groups is 1. The van der Waals surface area contributed by atoms with Gasteiger partial charge in [-0.05, 0) is 42.7 Å². The molecule has 10 heteroatoms. The van der Waals surface area contributed by atoms with Crippen LogP contribution in [0.2, 0.25) is 0 Å². The lowest BCUT2D eigenvalue weighted by Gasteiger charge is -2.12. The maximum absolute atomic E-state index is 13.3. The minimum atomic E-state index is -0.451. The van der Waals surface area contributed by atoms with Gasteiger partial charge in [0.15, 0.2) is 16.3 Å². The van der Waals surface area contributed by atoms with E-state index in [1.54, 1.807) is 14.0 Å². The summed E-state index contributed by atoms with van der Waals surface area (Å²) >= 11 is 1.35. The minimum absolute atomic E-state index is 0.195. The number of carbonyl (C=O) groups is 1. The summed E-state index contributed by atoms with van der Waals surface area (Å²) in [5.41, 5.74) is 2.13. The van der Waals surface area contributed by atoms with Gasteiger partial charge in [0.25, 0.3) is 5.56 Å². The van der Waals surface area contributed by atoms with Crippen LogP contribution in [0.5, 0.6) is 0 Å². The van der Waals surface area contributed by atoms with E-state index in [9.17, 15) is 18.8 Å². The first-order valence-electron chi connectivity index (χ1n) is 11.1. The van der Waals surface area contributed by atoms with E-state index >= 15 is 0 Å². The molecule has 0 bridgehead atoms. The van der Waals surface area contributed by atoms with Crippen LogP contribution in [0.25, 0.3) is 11.2 Å². The number of hydrogen-bond donors (Lipinski definition) is 1. The largest absolute Gasteiger partial charge is 0.332 e. The Morgan fingerprint density at radius 1 is 1.09 bits per heavy atom. The molecule has 0 saturated carbocycles. The van der Waals surface area contributed by atoms with Crippen molar-refractivity contribution < 1.29 is 9.18 Å². The Hall–Kier alpha value is -3.66. The minimum Gasteiger partial charge on any atom is -0.326 e. The zero-order valence-electron chi connectivity index (χ0n) is 19.7. The Balaban J connectivity index is 1.56. The predicted octanol–water partition coefficient (Wildman–Crippen LogP) is 3.24. The highest BCUT2D eigenvalue weighted by Gasteiger charge is 2.19. The molecule has 0 aliphatic rings. The summed E-state index contributed by atoms with van der Waals surface area (Å²) in [6, 6.07) is 14.1. The molecule has 2 heterocycles. The second kappa shape index (κ2) is 10.3. The zero-order valence-corrected chi connectivity index (χ0v) is 20.6. The Morgan fingerprint density at radius 2 is 1.83 bits per heavy atom. The molecule has 1 N–H and O–H groups in total. The molecular formula is C25H26FN5O3S. The van der Waals surface area contributed by atoms with Crippen molar-refractivity contribution in [2.24, 2.45) is 14.1 Å². The Kier molecular flexibility index (Phi) is 7.20. The van der Waals surface area contributed by atoms with Crippen molar-refractivity contribution in [1.29, 1.82) is 0 Å². The molecule has 0 saturated heterocycles. The molecule has 1 amide bonds. The van der Waals surface area contributed by atoms with Crippen molar-refractivity contribution in [1.82, 2.24) is 18.7 Å². The number of anilines is 1. The van der Waals surface area contributed by atoms with Gasteiger partial charge in [0.05, 0.1) is 0 Å². The monoisotopic (exact) mass is 495 g/mol. The third-order valence-electron chi connectivity index (χ3n) is 5.79. The average molecular weight is 496 g/mol. The van der Waals surface area contributed by atoms with E-state index in [0.29, 0.717) is 40.8 Å². The first-order valence-corrected chi connectivity index (χ1v) is 12.1. The molecule has 0 aliphatic heterocycles. The van der Waals surface area contributed by atoms with Gasteiger partial charge >= 0.3 is 5.69 Å². The third-order valence-corrected chi connectivity index (χ3v) is 6.77. The number of nitrogens with one attached hydrogen (secondary N) is 1. The highest BCUT2D eigenvalue weighted by Crippen LogP contribution is 2.24. The van der Waals surface area contributed by atoms with Crippen molar-refractivity contribution in [3.8, 4) is 0 Å². The summed E-state index contributed by atoms with van der Waals surface area (Å²) in [7, 11) is 3.05. The highest BCUT2D eigenvalue weighted by atomic mass is 32.2. The van der Waals surface area contributed by atoms with Crippen LogP contribution in [-0.2, 0) is 31.9 Å². The van der Waals surface area contributed by atoms with Crippen LogP contribution >= 0.6 is 11.8 Å². The van der Waals surface area contributed by atoms with E-state index in [0.717, 1.165) is 10.1 Å². The van der Waals surface area contributed by atoms with E-state index in [1.807, 2.05) is 34.9 Å². The summed E-state index contributed by atoms with van der Waals surface area (Å²) in [6.07, 6.45) is 0.883. The van der Waals surface area contributed by atoms with Crippen molar-refractivity contribution in [2.75, 3.05) is 11.1 Å². The second-order valence-corrected chi connectivity index (χ2v) is 9.33. The number of amides is 1. The number of aromatic nitrogens is 4. The SMILES string of the molecule is Cc1cc(F)ccc1NC(=O)CCSc1nc2c(=O)n(C)c(=O)n(C)c2n1CCc1ccccc1. The van der Waals surface area contributed by atoms with E-state index in [4.69, 9.17) is 0 Å². The third kappa shape index (κ3) is 5.22. The van der Waals surface area contributed by atoms with E-state index in [-0.39, 0.29) is 23.7 Å². The van der Waals surface area contributed by atoms with Crippen LogP contribution in [0.3, 0.4) is 0 Å². The zero-order chi connectivity index (χ0) is 25.1. The molecule has 182 valence electrons. The fourth-order valence-corrected chi connectivity index (χ4v) is 4.84. The number of halogens is 1. The van der Waals surface area contributed by atoms with Crippen LogP contribution in [0.1, 0.15) is 17.5 Å². The molecule has 0 atom stereocenters. The van der Waals surface area contributed by atoms with Gasteiger partial charge in [0.1, 0.15) is 5.82 Å². The average Bonchev–Trinajstić information content (AvgIpc) is 3.21. The van der Waals surface area contributed by atoms with Crippen molar-refractivity contribution in [3.63, 3.8) is 0 Å². The van der Waals surface area contributed by atoms with Gasteiger partial charge in [0.2, 0.25) is 5.91 Å². The smallest absolute Gasteiger partial charge is 0.326 e. The summed E-state index contributed by atoms with van der Waals surface area (Å²) in [6.45, 7) is 2.25. The van der Waals surface area contributed by atoms with Crippen molar-refractivity contribution in [3.05, 3.63) is 86.3 Å². The molecule has 2 aromatic carbocycles. The first kappa shape index (κ1) is 24.5. The molecule has 4 aromatic rings. The normalized spacial score (nSPS) is 11.2. The van der Waals surface area contributed by atoms with Gasteiger partial charge in [0, 0.05) is 38.5 Å². The maximum atomic E-state index is 13.3. The van der Waals surface area contributed by atoms with Crippen LogP contribution < -0.4 is 16.6 Å². The van der Waals surface area contributed by atoms with Gasteiger partial charge in [-0.2, -0.15) is 0 Å². The quantitative estimate of drug-likeness (QED) is 0.379. The highest BCUT2D eigenvalue weighted by molar-refractivity contribution is 7.99. The predicted molar refractivity (Wildman–Crippen MR) is 135 cm³/mol. The summed E-state index contributed by atoms with van der Waals surface area (Å²) in [5, 5.41) is 3.37. The Labute approximate surface area is 205 Å². The lowest BCUT2D eigenvalue weighted by Crippen LogP contribution is -2.37. The van der Waals surface area contributed by atoms with Gasteiger partial charge in [-0.3, -0.25) is 18.7 Å². The summed E-state index contributed by atoms with van der Waals surface area (Å²) in [5.74, 6) is -0.150.